The van der Waals surface area contributed by atoms with Gasteiger partial charge in [0.25, 0.3) is 12.3 Å². The van der Waals surface area contributed by atoms with Crippen LogP contribution in [0.2, 0.25) is 0 Å². The molecule has 6 heteroatoms. The first-order chi connectivity index (χ1) is 11.5. The monoisotopic (exact) mass is 333 g/mol. The number of alkyl halides is 2. The molecule has 1 heterocycles. The fraction of sp³-hybridized carbons (Fsp3) is 0.556. The molecule has 4 rings (SSSR count). The number of nitrogens with zero attached hydrogens (tertiary/aromatic N) is 2. The number of carbonyl (C=O) groups is 1. The van der Waals surface area contributed by atoms with E-state index in [0.29, 0.717) is 18.3 Å². The van der Waals surface area contributed by atoms with Crippen LogP contribution < -0.4 is 5.32 Å². The molecule has 0 spiro atoms. The summed E-state index contributed by atoms with van der Waals surface area (Å²) in [5.74, 6) is 1.39. The molecule has 1 aromatic rings. The lowest BCUT2D eigenvalue weighted by molar-refractivity contribution is 0.0891. The van der Waals surface area contributed by atoms with Gasteiger partial charge in [-0.25, -0.2) is 8.78 Å². The molecule has 0 saturated heterocycles. The smallest absolute Gasteiger partial charge is 0.282 e. The largest absolute Gasteiger partial charge is 0.342 e. The van der Waals surface area contributed by atoms with Crippen molar-refractivity contribution in [3.63, 3.8) is 0 Å². The van der Waals surface area contributed by atoms with Gasteiger partial charge in [-0.05, 0) is 43.4 Å². The lowest BCUT2D eigenvalue weighted by Crippen LogP contribution is -2.49. The molecule has 1 amide bonds. The van der Waals surface area contributed by atoms with E-state index in [1.807, 2.05) is 24.3 Å². The second kappa shape index (κ2) is 5.53. The maximum Gasteiger partial charge on any atom is 0.282 e. The highest BCUT2D eigenvalue weighted by atomic mass is 19.3. The number of allylic oxidation sites excluding steroid dienone is 2. The highest BCUT2D eigenvalue weighted by molar-refractivity contribution is 5.96. The van der Waals surface area contributed by atoms with E-state index in [0.717, 1.165) is 12.3 Å². The Balaban J connectivity index is 1.58. The lowest BCUT2D eigenvalue weighted by atomic mass is 9.84. The number of carbonyl (C=O) groups excluding carboxylic acids is 1. The number of nitrogens with one attached hydrogen (secondary N) is 1. The van der Waals surface area contributed by atoms with Crippen LogP contribution in [0.3, 0.4) is 0 Å². The molecule has 3 aliphatic rings. The van der Waals surface area contributed by atoms with Gasteiger partial charge in [0.1, 0.15) is 5.69 Å². The summed E-state index contributed by atoms with van der Waals surface area (Å²) in [7, 11) is 1.55. The van der Waals surface area contributed by atoms with E-state index in [2.05, 4.69) is 10.4 Å². The summed E-state index contributed by atoms with van der Waals surface area (Å²) in [4.78, 5) is 12.7. The zero-order valence-electron chi connectivity index (χ0n) is 13.6. The molecule has 4 nitrogen and oxygen atoms in total. The molecule has 3 aliphatic carbocycles. The molecule has 1 unspecified atom stereocenters. The summed E-state index contributed by atoms with van der Waals surface area (Å²) in [5, 5.41) is 6.80. The van der Waals surface area contributed by atoms with E-state index >= 15 is 0 Å². The van der Waals surface area contributed by atoms with Gasteiger partial charge < -0.3 is 5.32 Å². The number of rotatable bonds is 5. The molecule has 0 bridgehead atoms. The van der Waals surface area contributed by atoms with Crippen molar-refractivity contribution < 1.29 is 13.6 Å². The third-order valence-corrected chi connectivity index (χ3v) is 5.48. The second-order valence-corrected chi connectivity index (χ2v) is 7.23. The molecule has 128 valence electrons. The van der Waals surface area contributed by atoms with Gasteiger partial charge in [-0.15, -0.1) is 0 Å². The van der Waals surface area contributed by atoms with Gasteiger partial charge in [-0.2, -0.15) is 5.10 Å². The predicted octanol–water partition coefficient (Wildman–Crippen LogP) is 3.39. The standard InChI is InChI=1S/C18H21F2N3O/c1-23-10-13(15(22-23)16(19)20)17(24)21-18(7-3-2-4-8-18)14-9-12(14)11-5-6-11/h2-4,7,10-12,14,16H,5-6,8-9H2,1H3,(H,21,24)/t12-,14+,18?/m0/s1. The summed E-state index contributed by atoms with van der Waals surface area (Å²) in [6, 6.07) is 0. The van der Waals surface area contributed by atoms with Gasteiger partial charge in [-0.3, -0.25) is 9.48 Å². The minimum atomic E-state index is -2.76. The molecule has 1 aromatic heterocycles. The van der Waals surface area contributed by atoms with Gasteiger partial charge in [0.05, 0.1) is 11.1 Å². The van der Waals surface area contributed by atoms with E-state index in [1.165, 1.54) is 23.7 Å². The van der Waals surface area contributed by atoms with Gasteiger partial charge in [0.15, 0.2) is 0 Å². The van der Waals surface area contributed by atoms with Crippen LogP contribution >= 0.6 is 0 Å². The van der Waals surface area contributed by atoms with Crippen molar-refractivity contribution in [1.82, 2.24) is 15.1 Å². The molecule has 3 atom stereocenters. The van der Waals surface area contributed by atoms with Crippen LogP contribution in [0.4, 0.5) is 8.78 Å². The maximum absolute atomic E-state index is 13.1. The first kappa shape index (κ1) is 15.5. The molecule has 2 fully saturated rings. The Kier molecular flexibility index (Phi) is 3.58. The van der Waals surface area contributed by atoms with E-state index in [1.54, 1.807) is 7.05 Å². The second-order valence-electron chi connectivity index (χ2n) is 7.23. The normalized spacial score (nSPS) is 31.5. The Morgan fingerprint density at radius 2 is 2.21 bits per heavy atom. The first-order valence-electron chi connectivity index (χ1n) is 8.49. The minimum absolute atomic E-state index is 0.0292. The maximum atomic E-state index is 13.1. The van der Waals surface area contributed by atoms with Crippen molar-refractivity contribution in [2.24, 2.45) is 24.8 Å². The van der Waals surface area contributed by atoms with Crippen LogP contribution in [-0.4, -0.2) is 21.2 Å². The molecular formula is C18H21F2N3O. The molecule has 0 aliphatic heterocycles. The molecule has 0 aromatic carbocycles. The fourth-order valence-corrected chi connectivity index (χ4v) is 4.07. The molecule has 0 radical (unpaired) electrons. The average molecular weight is 333 g/mol. The predicted molar refractivity (Wildman–Crippen MR) is 85.6 cm³/mol. The van der Waals surface area contributed by atoms with E-state index in [4.69, 9.17) is 0 Å². The average Bonchev–Trinajstić information content (AvgIpc) is 3.43. The zero-order valence-corrected chi connectivity index (χ0v) is 13.6. The molecular weight excluding hydrogens is 312 g/mol. The van der Waals surface area contributed by atoms with E-state index < -0.39 is 23.6 Å². The summed E-state index contributed by atoms with van der Waals surface area (Å²) in [6.45, 7) is 0. The van der Waals surface area contributed by atoms with Crippen LogP contribution in [0.5, 0.6) is 0 Å². The summed E-state index contributed by atoms with van der Waals surface area (Å²) in [5.41, 5.74) is -0.928. The van der Waals surface area contributed by atoms with Gasteiger partial charge in [0, 0.05) is 13.2 Å². The van der Waals surface area contributed by atoms with Crippen molar-refractivity contribution in [3.8, 4) is 0 Å². The zero-order chi connectivity index (χ0) is 16.9. The van der Waals surface area contributed by atoms with Crippen LogP contribution in [0.15, 0.2) is 30.5 Å². The Labute approximate surface area is 139 Å². The molecule has 1 N–H and O–H groups in total. The van der Waals surface area contributed by atoms with Crippen LogP contribution in [0, 0.1) is 17.8 Å². The Bertz CT molecular complexity index is 720. The van der Waals surface area contributed by atoms with Crippen molar-refractivity contribution in [2.45, 2.75) is 37.6 Å². The Morgan fingerprint density at radius 3 is 2.83 bits per heavy atom. The number of hydrogen-bond acceptors (Lipinski definition) is 2. The number of aryl methyl sites for hydroxylation is 1. The van der Waals surface area contributed by atoms with Gasteiger partial charge >= 0.3 is 0 Å². The highest BCUT2D eigenvalue weighted by Crippen LogP contribution is 2.59. The molecule has 2 saturated carbocycles. The van der Waals surface area contributed by atoms with Gasteiger partial charge in [-0.1, -0.05) is 24.3 Å². The summed E-state index contributed by atoms with van der Waals surface area (Å²) < 4.78 is 27.6. The SMILES string of the molecule is Cn1cc(C(=O)NC2([C@@H]3C[C@H]3C3CC3)C=CC=CC2)c(C(F)F)n1. The summed E-state index contributed by atoms with van der Waals surface area (Å²) in [6.07, 6.45) is 11.0. The third-order valence-electron chi connectivity index (χ3n) is 5.48. The number of hydrogen-bond donors (Lipinski definition) is 1. The quantitative estimate of drug-likeness (QED) is 0.898. The fourth-order valence-electron chi connectivity index (χ4n) is 4.07. The summed E-state index contributed by atoms with van der Waals surface area (Å²) >= 11 is 0. The molecule has 24 heavy (non-hydrogen) atoms. The topological polar surface area (TPSA) is 46.9 Å². The van der Waals surface area contributed by atoms with E-state index in [9.17, 15) is 13.6 Å². The van der Waals surface area contributed by atoms with Gasteiger partial charge in [0.2, 0.25) is 0 Å². The van der Waals surface area contributed by atoms with Crippen LogP contribution in [0.25, 0.3) is 0 Å². The van der Waals surface area contributed by atoms with Crippen molar-refractivity contribution in [2.75, 3.05) is 0 Å². The van der Waals surface area contributed by atoms with Crippen molar-refractivity contribution in [3.05, 3.63) is 41.8 Å². The van der Waals surface area contributed by atoms with Crippen LogP contribution in [0.1, 0.15) is 48.2 Å². The van der Waals surface area contributed by atoms with E-state index in [-0.39, 0.29) is 5.56 Å². The number of aromatic nitrogens is 2. The number of halogens is 2. The lowest BCUT2D eigenvalue weighted by Gasteiger charge is -2.33. The first-order valence-corrected chi connectivity index (χ1v) is 8.49. The highest BCUT2D eigenvalue weighted by Gasteiger charge is 2.56. The Hall–Kier alpha value is -1.98. The van der Waals surface area contributed by atoms with Crippen molar-refractivity contribution >= 4 is 5.91 Å². The van der Waals surface area contributed by atoms with Crippen molar-refractivity contribution in [1.29, 1.82) is 0 Å². The third kappa shape index (κ3) is 2.68. The van der Waals surface area contributed by atoms with Crippen LogP contribution in [-0.2, 0) is 7.05 Å². The number of amides is 1. The Morgan fingerprint density at radius 1 is 1.42 bits per heavy atom. The minimum Gasteiger partial charge on any atom is -0.342 e.